The summed E-state index contributed by atoms with van der Waals surface area (Å²) in [6.07, 6.45) is 5.06. The summed E-state index contributed by atoms with van der Waals surface area (Å²) in [5.41, 5.74) is -0.511. The van der Waals surface area contributed by atoms with Crippen LogP contribution in [0, 0.1) is 17.3 Å². The number of H-pyrrole nitrogens is 1. The molecule has 7 rings (SSSR count). The minimum Gasteiger partial charge on any atom is -0.486 e. The molecule has 1 N–H and O–H groups in total. The monoisotopic (exact) mass is 679 g/mol. The number of benzene rings is 1. The highest BCUT2D eigenvalue weighted by Gasteiger charge is 2.67. The second-order valence-electron chi connectivity index (χ2n) is 16.7. The van der Waals surface area contributed by atoms with Crippen LogP contribution >= 0.6 is 0 Å². The van der Waals surface area contributed by atoms with Crippen molar-refractivity contribution in [3.63, 3.8) is 0 Å². The molecule has 2 saturated heterocycles. The number of aryl methyl sites for hydroxylation is 1. The number of hydrogen-bond acceptors (Lipinski definition) is 10. The third kappa shape index (κ3) is 7.33. The molecule has 266 valence electrons. The van der Waals surface area contributed by atoms with Crippen LogP contribution in [0.15, 0.2) is 24.7 Å². The molecule has 3 heterocycles. The molecule has 4 atom stereocenters. The van der Waals surface area contributed by atoms with E-state index < -0.39 is 30.4 Å². The first-order valence-electron chi connectivity index (χ1n) is 17.4. The van der Waals surface area contributed by atoms with Crippen LogP contribution in [0.2, 0.25) is 6.32 Å². The summed E-state index contributed by atoms with van der Waals surface area (Å²) in [6.45, 7) is 18.0. The van der Waals surface area contributed by atoms with E-state index in [9.17, 15) is 14.4 Å². The number of nitrogens with one attached hydrogen (secondary N) is 1. The summed E-state index contributed by atoms with van der Waals surface area (Å²) in [5, 5.41) is 0. The van der Waals surface area contributed by atoms with Gasteiger partial charge in [-0.25, -0.2) is 14.6 Å². The van der Waals surface area contributed by atoms with Gasteiger partial charge in [-0.3, -0.25) is 4.79 Å². The SMILES string of the molecule is CC(C)(C)OC(=O)Oc1c(CCB2O[C@@H]3C[C@@H]4C[C@@H](C4(C)C)[C@]3(C)O2)ccc(OC2CN(C(=O)Cc3cnc[nH]3)C2)c1C(=O)OC(C)(C)C. The molecule has 2 aliphatic heterocycles. The van der Waals surface area contributed by atoms with E-state index in [1.54, 1.807) is 64.8 Å². The fraction of sp³-hybridized carbons (Fsp3) is 0.667. The van der Waals surface area contributed by atoms with Crippen LogP contribution < -0.4 is 9.47 Å². The Bertz CT molecular complexity index is 1570. The number of rotatable bonds is 9. The van der Waals surface area contributed by atoms with Gasteiger partial charge in [0.25, 0.3) is 0 Å². The molecular weight excluding hydrogens is 629 g/mol. The van der Waals surface area contributed by atoms with E-state index in [-0.39, 0.29) is 52.6 Å². The highest BCUT2D eigenvalue weighted by atomic mass is 16.7. The average Bonchev–Trinajstić information content (AvgIpc) is 3.58. The number of carbonyl (C=O) groups is 3. The molecule has 0 radical (unpaired) electrons. The molecule has 3 saturated carbocycles. The Hall–Kier alpha value is -3.58. The highest BCUT2D eigenvalue weighted by Crippen LogP contribution is 2.65. The van der Waals surface area contributed by atoms with E-state index in [1.165, 1.54) is 6.33 Å². The number of ether oxygens (including phenoxy) is 4. The topological polar surface area (TPSA) is 139 Å². The fourth-order valence-corrected chi connectivity index (χ4v) is 7.80. The summed E-state index contributed by atoms with van der Waals surface area (Å²) in [7, 11) is -0.444. The van der Waals surface area contributed by atoms with Crippen molar-refractivity contribution in [2.75, 3.05) is 13.1 Å². The van der Waals surface area contributed by atoms with Gasteiger partial charge in [-0.15, -0.1) is 0 Å². The van der Waals surface area contributed by atoms with Crippen LogP contribution in [-0.2, 0) is 36.4 Å². The molecule has 5 fully saturated rings. The first-order valence-corrected chi connectivity index (χ1v) is 17.4. The molecule has 5 aliphatic rings. The number of carbonyl (C=O) groups excluding carboxylic acids is 3. The van der Waals surface area contributed by atoms with Gasteiger partial charge in [0.05, 0.1) is 37.5 Å². The summed E-state index contributed by atoms with van der Waals surface area (Å²) in [4.78, 5) is 48.3. The summed E-state index contributed by atoms with van der Waals surface area (Å²) in [6, 6.07) is 3.48. The molecular formula is C36H50BN3O9. The van der Waals surface area contributed by atoms with Gasteiger partial charge in [0.1, 0.15) is 28.6 Å². The van der Waals surface area contributed by atoms with Gasteiger partial charge in [-0.2, -0.15) is 0 Å². The lowest BCUT2D eigenvalue weighted by Crippen LogP contribution is -2.65. The number of aromatic amines is 1. The zero-order valence-corrected chi connectivity index (χ0v) is 30.2. The van der Waals surface area contributed by atoms with E-state index in [0.717, 1.165) is 18.5 Å². The number of imidazole rings is 1. The van der Waals surface area contributed by atoms with Gasteiger partial charge in [0.2, 0.25) is 5.91 Å². The van der Waals surface area contributed by atoms with Gasteiger partial charge < -0.3 is 38.1 Å². The van der Waals surface area contributed by atoms with Crippen LogP contribution in [-0.4, -0.2) is 82.1 Å². The number of amides is 1. The predicted molar refractivity (Wildman–Crippen MR) is 180 cm³/mol. The maximum Gasteiger partial charge on any atom is 0.514 e. The lowest BCUT2D eigenvalue weighted by Gasteiger charge is -2.64. The molecule has 0 unspecified atom stereocenters. The van der Waals surface area contributed by atoms with Gasteiger partial charge in [0.15, 0.2) is 5.75 Å². The maximum atomic E-state index is 13.9. The van der Waals surface area contributed by atoms with Crippen molar-refractivity contribution in [3.05, 3.63) is 41.5 Å². The zero-order chi connectivity index (χ0) is 35.5. The molecule has 2 bridgehead atoms. The summed E-state index contributed by atoms with van der Waals surface area (Å²) >= 11 is 0. The number of likely N-dealkylation sites (tertiary alicyclic amines) is 1. The van der Waals surface area contributed by atoms with Crippen LogP contribution in [0.1, 0.15) is 96.8 Å². The Kier molecular flexibility index (Phi) is 9.09. The Morgan fingerprint density at radius 3 is 2.39 bits per heavy atom. The largest absolute Gasteiger partial charge is 0.514 e. The van der Waals surface area contributed by atoms with Crippen molar-refractivity contribution in [2.24, 2.45) is 17.3 Å². The quantitative estimate of drug-likeness (QED) is 0.197. The van der Waals surface area contributed by atoms with Crippen molar-refractivity contribution >= 4 is 25.2 Å². The normalized spacial score (nSPS) is 25.9. The van der Waals surface area contributed by atoms with Crippen molar-refractivity contribution in [1.82, 2.24) is 14.9 Å². The van der Waals surface area contributed by atoms with Crippen molar-refractivity contribution in [3.8, 4) is 11.5 Å². The third-order valence-electron chi connectivity index (χ3n) is 10.4. The van der Waals surface area contributed by atoms with Gasteiger partial charge in [0, 0.05) is 11.9 Å². The van der Waals surface area contributed by atoms with Crippen molar-refractivity contribution in [2.45, 2.75) is 123 Å². The third-order valence-corrected chi connectivity index (χ3v) is 10.4. The molecule has 0 spiro atoms. The molecule has 12 nitrogen and oxygen atoms in total. The number of nitrogens with zero attached hydrogens (tertiary/aromatic N) is 2. The molecule has 1 aromatic heterocycles. The van der Waals surface area contributed by atoms with Crippen LogP contribution in [0.3, 0.4) is 0 Å². The molecule has 13 heteroatoms. The minimum atomic E-state index is -0.955. The Morgan fingerprint density at radius 1 is 1.04 bits per heavy atom. The fourth-order valence-electron chi connectivity index (χ4n) is 7.80. The van der Waals surface area contributed by atoms with Gasteiger partial charge in [-0.05, 0) is 103 Å². The standard InChI is InChI=1S/C36H50BN3O9/c1-33(2,3)46-31(42)29-25(44-24-18-40(19-24)28(41)16-23-17-38-20-39-23)11-10-21(30(29)45-32(43)47-34(4,5)6)12-13-37-48-27-15-22-14-26(35(22,7)8)36(27,9)49-37/h10-11,17,20,22,24,26-27H,12-16,18-19H2,1-9H3,(H,38,39)/t22-,26-,27+,36-/m0/s1. The highest BCUT2D eigenvalue weighted by molar-refractivity contribution is 6.45. The first kappa shape index (κ1) is 35.3. The van der Waals surface area contributed by atoms with Crippen molar-refractivity contribution in [1.29, 1.82) is 0 Å². The molecule has 2 aromatic rings. The minimum absolute atomic E-state index is 0.0116. The van der Waals surface area contributed by atoms with E-state index in [0.29, 0.717) is 43.2 Å². The second kappa shape index (κ2) is 12.6. The van der Waals surface area contributed by atoms with E-state index in [4.69, 9.17) is 28.3 Å². The first-order chi connectivity index (χ1) is 22.8. The molecule has 1 amide bonds. The Balaban J connectivity index is 1.24. The molecule has 3 aliphatic carbocycles. The van der Waals surface area contributed by atoms with E-state index >= 15 is 0 Å². The van der Waals surface area contributed by atoms with E-state index in [2.05, 4.69) is 30.7 Å². The second-order valence-corrected chi connectivity index (χ2v) is 16.7. The number of esters is 1. The summed E-state index contributed by atoms with van der Waals surface area (Å²) in [5.74, 6) is 0.495. The number of hydrogen-bond donors (Lipinski definition) is 1. The Labute approximate surface area is 289 Å². The summed E-state index contributed by atoms with van der Waals surface area (Å²) < 4.78 is 36.6. The predicted octanol–water partition coefficient (Wildman–Crippen LogP) is 5.78. The zero-order valence-electron chi connectivity index (χ0n) is 30.2. The number of aromatic nitrogens is 2. The van der Waals surface area contributed by atoms with Crippen LogP contribution in [0.5, 0.6) is 11.5 Å². The average molecular weight is 680 g/mol. The molecule has 49 heavy (non-hydrogen) atoms. The molecule has 1 aromatic carbocycles. The van der Waals surface area contributed by atoms with Crippen LogP contribution in [0.4, 0.5) is 4.79 Å². The van der Waals surface area contributed by atoms with E-state index in [1.807, 2.05) is 0 Å². The Morgan fingerprint density at radius 2 is 1.76 bits per heavy atom. The van der Waals surface area contributed by atoms with Gasteiger partial charge >= 0.3 is 19.2 Å². The lowest BCUT2D eigenvalue weighted by molar-refractivity contribution is -0.199. The maximum absolute atomic E-state index is 13.9. The smallest absolute Gasteiger partial charge is 0.486 e. The van der Waals surface area contributed by atoms with Crippen molar-refractivity contribution < 1.29 is 42.6 Å². The lowest BCUT2D eigenvalue weighted by atomic mass is 9.43. The van der Waals surface area contributed by atoms with Gasteiger partial charge in [-0.1, -0.05) is 19.9 Å². The van der Waals surface area contributed by atoms with Crippen LogP contribution in [0.25, 0.3) is 0 Å².